The Morgan fingerprint density at radius 3 is 2.76 bits per heavy atom. The van der Waals surface area contributed by atoms with Crippen LogP contribution in [0.25, 0.3) is 15.7 Å². The van der Waals surface area contributed by atoms with E-state index in [1.165, 1.54) is 12.1 Å². The molecule has 0 fully saturated rings. The highest BCUT2D eigenvalue weighted by Gasteiger charge is 2.16. The summed E-state index contributed by atoms with van der Waals surface area (Å²) in [7, 11) is -4.21. The second kappa shape index (κ2) is 4.08. The van der Waals surface area contributed by atoms with E-state index in [0.717, 1.165) is 16.9 Å². The van der Waals surface area contributed by atoms with Crippen molar-refractivity contribution in [1.29, 1.82) is 0 Å². The summed E-state index contributed by atoms with van der Waals surface area (Å²) in [5.41, 5.74) is 9.59. The molecule has 2 rings (SSSR count). The smallest absolute Gasteiger partial charge is 0.421 e. The molecule has 0 unspecified atom stereocenters. The minimum Gasteiger partial charge on any atom is -0.496 e. The van der Waals surface area contributed by atoms with Gasteiger partial charge >= 0.3 is 4.80 Å². The average Bonchev–Trinajstić information content (AvgIpc) is 2.64. The standard InChI is InChI=1S/C9H9N3O3S2/c1-2-12-7-4-3-6(17(13,14)15)5-8(7)16-9(12)11-10/h3-5H,2H2,1H3,(H,13,14,15). The molecule has 8 heteroatoms. The molecule has 0 amide bonds. The molecule has 0 spiro atoms. The van der Waals surface area contributed by atoms with E-state index < -0.39 is 10.1 Å². The summed E-state index contributed by atoms with van der Waals surface area (Å²) >= 11 is 1.15. The number of aryl methyl sites for hydroxylation is 1. The second-order valence-corrected chi connectivity index (χ2v) is 5.76. The molecule has 90 valence electrons. The topological polar surface area (TPSA) is 95.7 Å². The summed E-state index contributed by atoms with van der Waals surface area (Å²) in [4.78, 5) is 3.36. The lowest BCUT2D eigenvalue weighted by Gasteiger charge is -1.96. The molecular weight excluding hydrogens is 262 g/mol. The Labute approximate surface area is 101 Å². The van der Waals surface area contributed by atoms with Crippen molar-refractivity contribution in [1.82, 2.24) is 4.57 Å². The lowest BCUT2D eigenvalue weighted by atomic mass is 10.3. The second-order valence-electron chi connectivity index (χ2n) is 3.33. The van der Waals surface area contributed by atoms with E-state index >= 15 is 0 Å². The number of benzene rings is 1. The van der Waals surface area contributed by atoms with Gasteiger partial charge in [0, 0.05) is 0 Å². The van der Waals surface area contributed by atoms with Crippen molar-refractivity contribution in [2.24, 2.45) is 0 Å². The molecule has 0 bridgehead atoms. The van der Waals surface area contributed by atoms with E-state index in [9.17, 15) is 8.42 Å². The van der Waals surface area contributed by atoms with Crippen LogP contribution in [0.1, 0.15) is 6.92 Å². The van der Waals surface area contributed by atoms with Crippen LogP contribution in [0.3, 0.4) is 0 Å². The van der Waals surface area contributed by atoms with Crippen LogP contribution in [-0.4, -0.2) is 22.3 Å². The maximum absolute atomic E-state index is 11.0. The van der Waals surface area contributed by atoms with Gasteiger partial charge in [0.15, 0.2) is 0 Å². The molecule has 0 atom stereocenters. The summed E-state index contributed by atoms with van der Waals surface area (Å²) in [5.74, 6) is 0. The predicted molar refractivity (Wildman–Crippen MR) is 62.1 cm³/mol. The monoisotopic (exact) mass is 271 g/mol. The Morgan fingerprint density at radius 1 is 1.53 bits per heavy atom. The Kier molecular flexibility index (Phi) is 2.88. The van der Waals surface area contributed by atoms with Crippen molar-refractivity contribution >= 4 is 31.7 Å². The van der Waals surface area contributed by atoms with E-state index in [1.807, 2.05) is 6.92 Å². The zero-order valence-corrected chi connectivity index (χ0v) is 10.5. The van der Waals surface area contributed by atoms with Crippen molar-refractivity contribution in [2.45, 2.75) is 18.4 Å². The zero-order valence-electron chi connectivity index (χ0n) is 8.86. The van der Waals surface area contributed by atoms with E-state index in [0.29, 0.717) is 16.0 Å². The highest BCUT2D eigenvalue weighted by molar-refractivity contribution is 7.85. The molecule has 0 aliphatic carbocycles. The Morgan fingerprint density at radius 2 is 2.24 bits per heavy atom. The Balaban J connectivity index is 2.87. The molecule has 0 saturated heterocycles. The fourth-order valence-electron chi connectivity index (χ4n) is 1.60. The minimum absolute atomic E-state index is 0.168. The van der Waals surface area contributed by atoms with E-state index in [-0.39, 0.29) is 4.90 Å². The predicted octanol–water partition coefficient (Wildman–Crippen LogP) is 1.10. The van der Waals surface area contributed by atoms with Crippen molar-refractivity contribution < 1.29 is 17.8 Å². The fraction of sp³-hybridized carbons (Fsp3) is 0.222. The minimum atomic E-state index is -4.21. The number of fused-ring (bicyclic) bond motifs is 1. The molecule has 0 radical (unpaired) electrons. The van der Waals surface area contributed by atoms with Gasteiger partial charge in [-0.05, 0) is 36.5 Å². The van der Waals surface area contributed by atoms with E-state index in [1.54, 1.807) is 10.6 Å². The van der Waals surface area contributed by atoms with Crippen molar-refractivity contribution in [2.75, 3.05) is 0 Å². The molecule has 17 heavy (non-hydrogen) atoms. The van der Waals surface area contributed by atoms with Crippen LogP contribution in [-0.2, 0) is 16.7 Å². The summed E-state index contributed by atoms with van der Waals surface area (Å²) in [6.07, 6.45) is 0. The van der Waals surface area contributed by atoms with Gasteiger partial charge in [0.05, 0.1) is 16.1 Å². The first-order chi connectivity index (χ1) is 7.97. The van der Waals surface area contributed by atoms with Gasteiger partial charge in [-0.2, -0.15) is 8.42 Å². The summed E-state index contributed by atoms with van der Waals surface area (Å²) in [6.45, 7) is 2.49. The van der Waals surface area contributed by atoms with Gasteiger partial charge in [0.1, 0.15) is 5.52 Å². The average molecular weight is 271 g/mol. The molecule has 1 aromatic heterocycles. The van der Waals surface area contributed by atoms with Crippen molar-refractivity contribution in [3.8, 4) is 0 Å². The van der Waals surface area contributed by atoms with Crippen LogP contribution in [0.2, 0.25) is 0 Å². The van der Waals surface area contributed by atoms with Gasteiger partial charge < -0.3 is 5.53 Å². The van der Waals surface area contributed by atoms with Crippen LogP contribution < -0.4 is 4.80 Å². The summed E-state index contributed by atoms with van der Waals surface area (Å²) in [5, 5.41) is 0. The first-order valence-corrected chi connectivity index (χ1v) is 7.02. The molecule has 0 saturated carbocycles. The number of thiazole rings is 1. The quantitative estimate of drug-likeness (QED) is 0.503. The van der Waals surface area contributed by atoms with Gasteiger partial charge in [0.25, 0.3) is 10.1 Å². The number of nitrogens with zero attached hydrogens (tertiary/aromatic N) is 3. The molecule has 1 heterocycles. The summed E-state index contributed by atoms with van der Waals surface area (Å²) in [6, 6.07) is 4.25. The van der Waals surface area contributed by atoms with Gasteiger partial charge in [0.2, 0.25) is 0 Å². The van der Waals surface area contributed by atoms with Gasteiger partial charge in [-0.15, -0.1) is 0 Å². The van der Waals surface area contributed by atoms with E-state index in [4.69, 9.17) is 10.1 Å². The highest BCUT2D eigenvalue weighted by Crippen LogP contribution is 2.21. The summed E-state index contributed by atoms with van der Waals surface area (Å²) < 4.78 is 33.3. The van der Waals surface area contributed by atoms with Crippen LogP contribution in [0, 0.1) is 0 Å². The van der Waals surface area contributed by atoms with Crippen LogP contribution in [0.5, 0.6) is 0 Å². The number of hydrogen-bond acceptors (Lipinski definition) is 3. The van der Waals surface area contributed by atoms with Crippen molar-refractivity contribution in [3.05, 3.63) is 28.5 Å². The zero-order chi connectivity index (χ0) is 12.6. The Bertz CT molecular complexity index is 766. The maximum Gasteiger partial charge on any atom is 0.421 e. The van der Waals surface area contributed by atoms with Crippen LogP contribution in [0.4, 0.5) is 0 Å². The number of rotatable bonds is 2. The SMILES string of the molecule is CCn1c(=[N+]=[N-])sc2cc(S(=O)(=O)O)ccc21. The third kappa shape index (κ3) is 2.03. The van der Waals surface area contributed by atoms with Crippen molar-refractivity contribution in [3.63, 3.8) is 0 Å². The molecule has 1 N–H and O–H groups in total. The highest BCUT2D eigenvalue weighted by atomic mass is 32.2. The number of hydrogen-bond donors (Lipinski definition) is 1. The molecule has 1 aromatic carbocycles. The third-order valence-corrected chi connectivity index (χ3v) is 4.24. The van der Waals surface area contributed by atoms with Gasteiger partial charge in [-0.25, -0.2) is 4.57 Å². The van der Waals surface area contributed by atoms with Gasteiger partial charge in [-0.3, -0.25) is 9.34 Å². The van der Waals surface area contributed by atoms with Gasteiger partial charge in [-0.1, -0.05) is 0 Å². The molecule has 0 aliphatic rings. The Hall–Kier alpha value is -1.47. The lowest BCUT2D eigenvalue weighted by Crippen LogP contribution is -2.13. The third-order valence-electron chi connectivity index (χ3n) is 2.35. The molecule has 0 aliphatic heterocycles. The number of aromatic nitrogens is 1. The molecular formula is C9H9N3O3S2. The largest absolute Gasteiger partial charge is 0.496 e. The van der Waals surface area contributed by atoms with Crippen LogP contribution >= 0.6 is 11.3 Å². The molecule has 6 nitrogen and oxygen atoms in total. The van der Waals surface area contributed by atoms with E-state index in [2.05, 4.69) is 4.79 Å². The van der Waals surface area contributed by atoms with Crippen LogP contribution in [0.15, 0.2) is 23.1 Å². The first kappa shape index (κ1) is 12.0. The lowest BCUT2D eigenvalue weighted by molar-refractivity contribution is -0.0701. The first-order valence-electron chi connectivity index (χ1n) is 4.76. The molecule has 2 aromatic rings. The fourth-order valence-corrected chi connectivity index (χ4v) is 3.22. The maximum atomic E-state index is 11.0. The normalized spacial score (nSPS) is 11.6.